The number of ether oxygens (including phenoxy) is 2. The average molecular weight is 236 g/mol. The first kappa shape index (κ1) is 12.2. The molecule has 0 bridgehead atoms. The van der Waals surface area contributed by atoms with Crippen LogP contribution in [-0.4, -0.2) is 40.1 Å². The Kier molecular flexibility index (Phi) is 4.64. The maximum atomic E-state index is 5.45. The van der Waals surface area contributed by atoms with Crippen LogP contribution in [-0.2, 0) is 4.74 Å². The van der Waals surface area contributed by atoms with E-state index in [1.54, 1.807) is 7.11 Å². The fourth-order valence-electron chi connectivity index (χ4n) is 2.00. The standard InChI is InChI=1S/C13H20N2O2/c1-16-11-17-13-5-2-4-12(10-13)15-8-3-6-14-7-9-15/h2,4-5,10,14H,3,6-9,11H2,1H3. The third-order valence-corrected chi connectivity index (χ3v) is 2.87. The zero-order chi connectivity index (χ0) is 11.9. The topological polar surface area (TPSA) is 33.7 Å². The van der Waals surface area contributed by atoms with Crippen molar-refractivity contribution >= 4 is 5.69 Å². The molecule has 1 aliphatic rings. The van der Waals surface area contributed by atoms with Gasteiger partial charge in [-0.3, -0.25) is 0 Å². The molecule has 0 aliphatic carbocycles. The van der Waals surface area contributed by atoms with Crippen LogP contribution in [0.5, 0.6) is 5.75 Å². The Morgan fingerprint density at radius 1 is 1.29 bits per heavy atom. The first-order chi connectivity index (χ1) is 8.40. The molecule has 17 heavy (non-hydrogen) atoms. The zero-order valence-electron chi connectivity index (χ0n) is 10.3. The van der Waals surface area contributed by atoms with Crippen molar-refractivity contribution in [1.29, 1.82) is 0 Å². The van der Waals surface area contributed by atoms with Crippen molar-refractivity contribution in [2.75, 3.05) is 45.0 Å². The van der Waals surface area contributed by atoms with E-state index in [2.05, 4.69) is 22.3 Å². The van der Waals surface area contributed by atoms with Crippen LogP contribution in [0.1, 0.15) is 6.42 Å². The van der Waals surface area contributed by atoms with Crippen molar-refractivity contribution in [1.82, 2.24) is 5.32 Å². The summed E-state index contributed by atoms with van der Waals surface area (Å²) >= 11 is 0. The van der Waals surface area contributed by atoms with Gasteiger partial charge in [0, 0.05) is 38.5 Å². The van der Waals surface area contributed by atoms with Crippen molar-refractivity contribution in [3.05, 3.63) is 24.3 Å². The van der Waals surface area contributed by atoms with Crippen molar-refractivity contribution in [3.63, 3.8) is 0 Å². The highest BCUT2D eigenvalue weighted by molar-refractivity contribution is 5.50. The molecule has 1 aliphatic heterocycles. The quantitative estimate of drug-likeness (QED) is 0.803. The molecule has 0 aromatic heterocycles. The Morgan fingerprint density at radius 3 is 3.12 bits per heavy atom. The molecular weight excluding hydrogens is 216 g/mol. The third-order valence-electron chi connectivity index (χ3n) is 2.87. The molecule has 1 aromatic rings. The van der Waals surface area contributed by atoms with Crippen molar-refractivity contribution in [3.8, 4) is 5.75 Å². The minimum Gasteiger partial charge on any atom is -0.467 e. The lowest BCUT2D eigenvalue weighted by molar-refractivity contribution is 0.0511. The first-order valence-corrected chi connectivity index (χ1v) is 6.07. The molecule has 1 aromatic carbocycles. The molecule has 0 unspecified atom stereocenters. The monoisotopic (exact) mass is 236 g/mol. The van der Waals surface area contributed by atoms with Gasteiger partial charge >= 0.3 is 0 Å². The number of benzene rings is 1. The Labute approximate surface area is 103 Å². The Morgan fingerprint density at radius 2 is 2.24 bits per heavy atom. The lowest BCUT2D eigenvalue weighted by Crippen LogP contribution is -2.27. The summed E-state index contributed by atoms with van der Waals surface area (Å²) in [5.74, 6) is 0.863. The summed E-state index contributed by atoms with van der Waals surface area (Å²) in [5.41, 5.74) is 1.22. The summed E-state index contributed by atoms with van der Waals surface area (Å²) in [7, 11) is 1.63. The highest BCUT2D eigenvalue weighted by Gasteiger charge is 2.09. The van der Waals surface area contributed by atoms with Crippen molar-refractivity contribution in [2.24, 2.45) is 0 Å². The van der Waals surface area contributed by atoms with Gasteiger partial charge in [0.2, 0.25) is 0 Å². The number of rotatable bonds is 4. The van der Waals surface area contributed by atoms with Gasteiger partial charge in [0.15, 0.2) is 6.79 Å². The number of anilines is 1. The van der Waals surface area contributed by atoms with Crippen LogP contribution in [0.4, 0.5) is 5.69 Å². The molecule has 0 saturated carbocycles. The molecule has 1 heterocycles. The van der Waals surface area contributed by atoms with Gasteiger partial charge < -0.3 is 19.7 Å². The van der Waals surface area contributed by atoms with Crippen LogP contribution in [0.3, 0.4) is 0 Å². The SMILES string of the molecule is COCOc1cccc(N2CCCNCC2)c1. The normalized spacial score (nSPS) is 16.6. The predicted molar refractivity (Wildman–Crippen MR) is 68.6 cm³/mol. The summed E-state index contributed by atoms with van der Waals surface area (Å²) < 4.78 is 10.4. The van der Waals surface area contributed by atoms with Gasteiger partial charge in [-0.2, -0.15) is 0 Å². The fourth-order valence-corrected chi connectivity index (χ4v) is 2.00. The first-order valence-electron chi connectivity index (χ1n) is 6.07. The minimum atomic E-state index is 0.297. The molecule has 94 valence electrons. The Bertz CT molecular complexity index is 336. The number of methoxy groups -OCH3 is 1. The van der Waals surface area contributed by atoms with Crippen molar-refractivity contribution < 1.29 is 9.47 Å². The number of nitrogens with one attached hydrogen (secondary N) is 1. The molecule has 2 rings (SSSR count). The molecule has 1 saturated heterocycles. The fraction of sp³-hybridized carbons (Fsp3) is 0.538. The molecule has 0 amide bonds. The van der Waals surface area contributed by atoms with Crippen LogP contribution < -0.4 is 15.0 Å². The molecule has 4 nitrogen and oxygen atoms in total. The van der Waals surface area contributed by atoms with E-state index < -0.39 is 0 Å². The lowest BCUT2D eigenvalue weighted by Gasteiger charge is -2.22. The molecule has 0 atom stereocenters. The Balaban J connectivity index is 2.03. The summed E-state index contributed by atoms with van der Waals surface area (Å²) in [6.45, 7) is 4.60. The van der Waals surface area contributed by atoms with Gasteiger partial charge in [-0.05, 0) is 25.1 Å². The predicted octanol–water partition coefficient (Wildman–Crippen LogP) is 1.47. The molecule has 4 heteroatoms. The van der Waals surface area contributed by atoms with Crippen LogP contribution in [0.25, 0.3) is 0 Å². The van der Waals surface area contributed by atoms with Gasteiger partial charge in [-0.15, -0.1) is 0 Å². The molecular formula is C13H20N2O2. The van der Waals surface area contributed by atoms with Crippen LogP contribution in [0.2, 0.25) is 0 Å². The molecule has 0 spiro atoms. The van der Waals surface area contributed by atoms with E-state index in [1.807, 2.05) is 12.1 Å². The second kappa shape index (κ2) is 6.47. The van der Waals surface area contributed by atoms with E-state index in [-0.39, 0.29) is 0 Å². The third kappa shape index (κ3) is 3.61. The van der Waals surface area contributed by atoms with Crippen LogP contribution in [0, 0.1) is 0 Å². The summed E-state index contributed by atoms with van der Waals surface area (Å²) in [4.78, 5) is 2.39. The van der Waals surface area contributed by atoms with E-state index in [9.17, 15) is 0 Å². The number of hydrogen-bond donors (Lipinski definition) is 1. The van der Waals surface area contributed by atoms with E-state index in [4.69, 9.17) is 9.47 Å². The summed E-state index contributed by atoms with van der Waals surface area (Å²) in [5, 5.41) is 3.40. The van der Waals surface area contributed by atoms with E-state index in [0.29, 0.717) is 6.79 Å². The van der Waals surface area contributed by atoms with Gasteiger partial charge in [0.25, 0.3) is 0 Å². The van der Waals surface area contributed by atoms with Gasteiger partial charge in [0.05, 0.1) is 0 Å². The van der Waals surface area contributed by atoms with Crippen LogP contribution in [0.15, 0.2) is 24.3 Å². The van der Waals surface area contributed by atoms with Crippen molar-refractivity contribution in [2.45, 2.75) is 6.42 Å². The second-order valence-corrected chi connectivity index (χ2v) is 4.14. The van der Waals surface area contributed by atoms with E-state index in [0.717, 1.165) is 31.9 Å². The van der Waals surface area contributed by atoms with Crippen LogP contribution >= 0.6 is 0 Å². The molecule has 1 fully saturated rings. The second-order valence-electron chi connectivity index (χ2n) is 4.14. The molecule has 0 radical (unpaired) electrons. The maximum absolute atomic E-state index is 5.45. The minimum absolute atomic E-state index is 0.297. The number of nitrogens with zero attached hydrogens (tertiary/aromatic N) is 1. The lowest BCUT2D eigenvalue weighted by atomic mass is 10.2. The average Bonchev–Trinajstić information content (AvgIpc) is 2.65. The Hall–Kier alpha value is -1.26. The zero-order valence-corrected chi connectivity index (χ0v) is 10.3. The largest absolute Gasteiger partial charge is 0.467 e. The van der Waals surface area contributed by atoms with E-state index in [1.165, 1.54) is 12.1 Å². The maximum Gasteiger partial charge on any atom is 0.188 e. The molecule has 1 N–H and O–H groups in total. The highest BCUT2D eigenvalue weighted by atomic mass is 16.7. The van der Waals surface area contributed by atoms with Gasteiger partial charge in [-0.1, -0.05) is 6.07 Å². The number of hydrogen-bond acceptors (Lipinski definition) is 4. The van der Waals surface area contributed by atoms with Gasteiger partial charge in [-0.25, -0.2) is 0 Å². The summed E-state index contributed by atoms with van der Waals surface area (Å²) in [6, 6.07) is 8.19. The van der Waals surface area contributed by atoms with Gasteiger partial charge in [0.1, 0.15) is 5.75 Å². The summed E-state index contributed by atoms with van der Waals surface area (Å²) in [6.07, 6.45) is 1.18. The smallest absolute Gasteiger partial charge is 0.188 e. The highest BCUT2D eigenvalue weighted by Crippen LogP contribution is 2.21. The van der Waals surface area contributed by atoms with E-state index >= 15 is 0 Å².